The molecule has 0 radical (unpaired) electrons. The third kappa shape index (κ3) is 6.67. The molecule has 10 nitrogen and oxygen atoms in total. The van der Waals surface area contributed by atoms with E-state index in [1.54, 1.807) is 32.5 Å². The Kier molecular flexibility index (Phi) is 8.94. The number of anilines is 1. The Hall–Kier alpha value is -3.77. The van der Waals surface area contributed by atoms with E-state index >= 15 is 0 Å². The minimum absolute atomic E-state index is 0.179. The van der Waals surface area contributed by atoms with Gasteiger partial charge in [0.15, 0.2) is 14.0 Å². The molecular weight excluding hydrogens is 630 g/mol. The molecule has 0 unspecified atom stereocenters. The van der Waals surface area contributed by atoms with Crippen molar-refractivity contribution in [3.63, 3.8) is 0 Å². The fraction of sp³-hybridized carbons (Fsp3) is 0.429. The first kappa shape index (κ1) is 33.1. The van der Waals surface area contributed by atoms with Crippen LogP contribution in [0.1, 0.15) is 69.8 Å². The van der Waals surface area contributed by atoms with E-state index in [9.17, 15) is 9.59 Å². The lowest BCUT2D eigenvalue weighted by atomic mass is 9.99. The first-order chi connectivity index (χ1) is 22.2. The second-order valence-corrected chi connectivity index (χ2v) is 19.4. The molecule has 0 fully saturated rings. The highest BCUT2D eigenvalue weighted by atomic mass is 35.5. The predicted octanol–water partition coefficient (Wildman–Crippen LogP) is 6.04. The molecule has 0 saturated carbocycles. The van der Waals surface area contributed by atoms with Gasteiger partial charge in [0.05, 0.1) is 24.5 Å². The third-order valence-electron chi connectivity index (χ3n) is 9.88. The highest BCUT2D eigenvalue weighted by Gasteiger charge is 2.39. The number of benzene rings is 2. The van der Waals surface area contributed by atoms with Gasteiger partial charge >= 0.3 is 0 Å². The molecule has 0 bridgehead atoms. The molecule has 0 atom stereocenters. The third-order valence-corrected chi connectivity index (χ3v) is 14.7. The van der Waals surface area contributed by atoms with Gasteiger partial charge in [-0.3, -0.25) is 19.2 Å². The molecule has 0 saturated heterocycles. The highest BCUT2D eigenvalue weighted by molar-refractivity contribution is 6.74. The van der Waals surface area contributed by atoms with Gasteiger partial charge in [0.2, 0.25) is 0 Å². The zero-order chi connectivity index (χ0) is 33.7. The van der Waals surface area contributed by atoms with E-state index in [0.29, 0.717) is 22.0 Å². The van der Waals surface area contributed by atoms with Crippen LogP contribution in [0, 0.1) is 6.92 Å². The van der Waals surface area contributed by atoms with Crippen LogP contribution in [0.15, 0.2) is 48.5 Å². The molecule has 47 heavy (non-hydrogen) atoms. The summed E-state index contributed by atoms with van der Waals surface area (Å²) in [5.74, 6) is -0.566. The molecule has 1 N–H and O–H groups in total. The number of nitrogens with one attached hydrogen (secondary N) is 1. The maximum absolute atomic E-state index is 14.1. The first-order valence-electron chi connectivity index (χ1n) is 16.2. The Labute approximate surface area is 282 Å². The zero-order valence-electron chi connectivity index (χ0n) is 28.4. The molecule has 2 aliphatic rings. The van der Waals surface area contributed by atoms with Crippen LogP contribution in [0.2, 0.25) is 23.2 Å². The Morgan fingerprint density at radius 1 is 1.04 bits per heavy atom. The summed E-state index contributed by atoms with van der Waals surface area (Å²) in [6, 6.07) is 15.3. The Morgan fingerprint density at radius 2 is 1.83 bits per heavy atom. The molecule has 248 valence electrons. The summed E-state index contributed by atoms with van der Waals surface area (Å²) in [5.41, 5.74) is 6.85. The molecule has 2 amide bonds. The van der Waals surface area contributed by atoms with Crippen LogP contribution in [0.3, 0.4) is 0 Å². The molecule has 12 heteroatoms. The van der Waals surface area contributed by atoms with E-state index in [-0.39, 0.29) is 35.6 Å². The SMILES string of the molecule is Cc1cc(CNC(=O)c2nn(-c3cccc(Cl)c3)c3c2CN(c2ccc4c(c2)CN(CCO[Si](C)(C)C(C)(C)C)CC4)C3=O)nn1C. The average Bonchev–Trinajstić information content (AvgIpc) is 3.67. The highest BCUT2D eigenvalue weighted by Crippen LogP contribution is 2.37. The number of halogens is 1. The average molecular weight is 674 g/mol. The molecule has 0 aliphatic carbocycles. The molecule has 6 rings (SSSR count). The van der Waals surface area contributed by atoms with Crippen molar-refractivity contribution in [3.8, 4) is 5.69 Å². The van der Waals surface area contributed by atoms with Crippen LogP contribution in [0.25, 0.3) is 5.69 Å². The molecule has 2 aromatic heterocycles. The lowest BCUT2D eigenvalue weighted by Gasteiger charge is -2.37. The van der Waals surface area contributed by atoms with Gasteiger partial charge in [-0.05, 0) is 79.0 Å². The molecule has 0 spiro atoms. The number of amides is 2. The van der Waals surface area contributed by atoms with E-state index in [2.05, 4.69) is 66.4 Å². The lowest BCUT2D eigenvalue weighted by Crippen LogP contribution is -2.43. The quantitative estimate of drug-likeness (QED) is 0.218. The van der Waals surface area contributed by atoms with Crippen molar-refractivity contribution in [1.29, 1.82) is 0 Å². The van der Waals surface area contributed by atoms with Crippen molar-refractivity contribution in [1.82, 2.24) is 29.8 Å². The molecule has 4 heterocycles. The first-order valence-corrected chi connectivity index (χ1v) is 19.5. The van der Waals surface area contributed by atoms with Crippen LogP contribution in [0.5, 0.6) is 0 Å². The van der Waals surface area contributed by atoms with Gasteiger partial charge < -0.3 is 14.6 Å². The number of fused-ring (bicyclic) bond motifs is 2. The van der Waals surface area contributed by atoms with Crippen molar-refractivity contribution in [2.24, 2.45) is 7.05 Å². The second-order valence-electron chi connectivity index (χ2n) is 14.1. The Balaban J connectivity index is 1.23. The molecular formula is C35H44ClN7O3Si. The number of carbonyl (C=O) groups is 2. The van der Waals surface area contributed by atoms with Gasteiger partial charge in [-0.1, -0.05) is 44.5 Å². The van der Waals surface area contributed by atoms with Crippen molar-refractivity contribution in [2.75, 3.05) is 24.6 Å². The van der Waals surface area contributed by atoms with Crippen molar-refractivity contribution < 1.29 is 14.0 Å². The van der Waals surface area contributed by atoms with E-state index in [1.807, 2.05) is 32.2 Å². The summed E-state index contributed by atoms with van der Waals surface area (Å²) in [6.07, 6.45) is 0.952. The van der Waals surface area contributed by atoms with Gasteiger partial charge in [-0.15, -0.1) is 0 Å². The minimum Gasteiger partial charge on any atom is -0.416 e. The molecule has 2 aromatic carbocycles. The van der Waals surface area contributed by atoms with E-state index in [4.69, 9.17) is 16.0 Å². The smallest absolute Gasteiger partial charge is 0.277 e. The van der Waals surface area contributed by atoms with Gasteiger partial charge in [0.25, 0.3) is 11.8 Å². The summed E-state index contributed by atoms with van der Waals surface area (Å²) in [6.45, 7) is 17.2. The normalized spacial score (nSPS) is 15.2. The summed E-state index contributed by atoms with van der Waals surface area (Å²) < 4.78 is 9.77. The number of hydrogen-bond donors (Lipinski definition) is 1. The zero-order valence-corrected chi connectivity index (χ0v) is 30.1. The number of aryl methyl sites for hydroxylation is 2. The van der Waals surface area contributed by atoms with Crippen LogP contribution >= 0.6 is 11.6 Å². The fourth-order valence-corrected chi connectivity index (χ4v) is 7.17. The maximum atomic E-state index is 14.1. The van der Waals surface area contributed by atoms with Crippen LogP contribution in [0.4, 0.5) is 5.69 Å². The maximum Gasteiger partial charge on any atom is 0.277 e. The molecule has 4 aromatic rings. The lowest BCUT2D eigenvalue weighted by molar-refractivity contribution is 0.0941. The molecule has 2 aliphatic heterocycles. The van der Waals surface area contributed by atoms with Gasteiger partial charge in [-0.25, -0.2) is 4.68 Å². The van der Waals surface area contributed by atoms with E-state index in [0.717, 1.165) is 49.7 Å². The van der Waals surface area contributed by atoms with Crippen molar-refractivity contribution >= 4 is 37.4 Å². The van der Waals surface area contributed by atoms with E-state index in [1.165, 1.54) is 11.1 Å². The summed E-state index contributed by atoms with van der Waals surface area (Å²) in [5, 5.41) is 12.7. The standard InChI is InChI=1S/C35H44ClN7O3Si/c1-23-17-27(38-40(23)5)20-37-33(44)31-30-22-42(34(45)32(30)43(39-31)29-10-8-9-26(36)19-29)28-12-11-24-13-14-41(21-25(24)18-28)15-16-46-47(6,7)35(2,3)4/h8-12,17-19H,13-16,20-22H2,1-7H3,(H,37,44). The monoisotopic (exact) mass is 673 g/mol. The largest absolute Gasteiger partial charge is 0.416 e. The summed E-state index contributed by atoms with van der Waals surface area (Å²) >= 11 is 6.33. The fourth-order valence-electron chi connectivity index (χ4n) is 5.95. The van der Waals surface area contributed by atoms with Crippen molar-refractivity contribution in [3.05, 3.63) is 93.0 Å². The van der Waals surface area contributed by atoms with Crippen LogP contribution < -0.4 is 10.2 Å². The predicted molar refractivity (Wildman–Crippen MR) is 187 cm³/mol. The Morgan fingerprint density at radius 3 is 2.53 bits per heavy atom. The number of nitrogens with zero attached hydrogens (tertiary/aromatic N) is 6. The van der Waals surface area contributed by atoms with Crippen LogP contribution in [-0.4, -0.2) is 64.3 Å². The second kappa shape index (κ2) is 12.7. The number of hydrogen-bond acceptors (Lipinski definition) is 6. The van der Waals surface area contributed by atoms with E-state index < -0.39 is 8.32 Å². The summed E-state index contributed by atoms with van der Waals surface area (Å²) in [4.78, 5) is 31.9. The van der Waals surface area contributed by atoms with Gasteiger partial charge in [-0.2, -0.15) is 10.2 Å². The van der Waals surface area contributed by atoms with Gasteiger partial charge in [0, 0.05) is 55.3 Å². The van der Waals surface area contributed by atoms with Crippen molar-refractivity contribution in [2.45, 2.75) is 71.9 Å². The Bertz CT molecular complexity index is 1820. The number of rotatable bonds is 9. The van der Waals surface area contributed by atoms with Crippen LogP contribution in [-0.2, 0) is 37.5 Å². The number of carbonyl (C=O) groups excluding carboxylic acids is 2. The summed E-state index contributed by atoms with van der Waals surface area (Å²) in [7, 11) is 0.0571. The van der Waals surface area contributed by atoms with Gasteiger partial charge in [0.1, 0.15) is 5.69 Å². The topological polar surface area (TPSA) is 97.5 Å². The minimum atomic E-state index is -1.81. The number of aromatic nitrogens is 4.